The molecule has 2 rings (SSSR count). The average molecular weight is 223 g/mol. The maximum absolute atomic E-state index is 11.9. The Bertz CT molecular complexity index is 325. The number of hydrogen-bond donors (Lipinski definition) is 0. The van der Waals surface area contributed by atoms with Gasteiger partial charge >= 0.3 is 0 Å². The molecule has 0 aromatic heterocycles. The van der Waals surface area contributed by atoms with Gasteiger partial charge in [-0.2, -0.15) is 0 Å². The first-order chi connectivity index (χ1) is 7.16. The molecular formula is C12H17NOS. The molecule has 1 saturated heterocycles. The van der Waals surface area contributed by atoms with E-state index in [0.717, 1.165) is 18.8 Å². The van der Waals surface area contributed by atoms with Gasteiger partial charge in [0.1, 0.15) is 5.75 Å². The summed E-state index contributed by atoms with van der Waals surface area (Å²) in [6.45, 7) is 3.94. The van der Waals surface area contributed by atoms with Crippen molar-refractivity contribution in [1.82, 2.24) is 4.90 Å². The van der Waals surface area contributed by atoms with Gasteiger partial charge in [0.25, 0.3) is 0 Å². The maximum Gasteiger partial charge on any atom is 0.153 e. The molecule has 1 aromatic rings. The summed E-state index contributed by atoms with van der Waals surface area (Å²) in [5.74, 6) is 0.801. The van der Waals surface area contributed by atoms with Crippen molar-refractivity contribution in [2.75, 3.05) is 25.9 Å². The predicted molar refractivity (Wildman–Crippen MR) is 64.4 cm³/mol. The fourth-order valence-corrected chi connectivity index (χ4v) is 3.54. The van der Waals surface area contributed by atoms with Crippen molar-refractivity contribution in [3.05, 3.63) is 35.4 Å². The highest BCUT2D eigenvalue weighted by Gasteiger charge is 2.30. The Kier molecular flexibility index (Phi) is 3.34. The van der Waals surface area contributed by atoms with Crippen LogP contribution in [-0.4, -0.2) is 35.3 Å². The van der Waals surface area contributed by atoms with Crippen molar-refractivity contribution >= 4 is 11.2 Å². The topological polar surface area (TPSA) is 26.3 Å². The lowest BCUT2D eigenvalue weighted by molar-refractivity contribution is 0.333. The van der Waals surface area contributed by atoms with Gasteiger partial charge in [-0.1, -0.05) is 29.8 Å². The highest BCUT2D eigenvalue weighted by Crippen LogP contribution is 2.27. The Hall–Kier alpha value is -0.510. The van der Waals surface area contributed by atoms with Crippen LogP contribution in [0.1, 0.15) is 16.4 Å². The van der Waals surface area contributed by atoms with Crippen LogP contribution in [0.3, 0.4) is 0 Å². The number of hydrogen-bond acceptors (Lipinski definition) is 2. The van der Waals surface area contributed by atoms with Crippen LogP contribution in [0.2, 0.25) is 0 Å². The van der Waals surface area contributed by atoms with Crippen molar-refractivity contribution in [3.8, 4) is 0 Å². The van der Waals surface area contributed by atoms with Crippen LogP contribution >= 0.6 is 0 Å². The first kappa shape index (κ1) is 11.0. The minimum absolute atomic E-state index is 0.198. The normalized spacial score (nSPS) is 27.9. The van der Waals surface area contributed by atoms with Crippen molar-refractivity contribution in [2.24, 2.45) is 0 Å². The summed E-state index contributed by atoms with van der Waals surface area (Å²) in [6.07, 6.45) is 0. The summed E-state index contributed by atoms with van der Waals surface area (Å²) in [6, 6.07) is 8.41. The molecule has 2 nitrogen and oxygen atoms in total. The van der Waals surface area contributed by atoms with Crippen molar-refractivity contribution in [1.29, 1.82) is 0 Å². The van der Waals surface area contributed by atoms with E-state index in [2.05, 4.69) is 43.1 Å². The fraction of sp³-hybridized carbons (Fsp3) is 0.500. The lowest BCUT2D eigenvalue weighted by Gasteiger charge is -2.32. The van der Waals surface area contributed by atoms with E-state index in [-0.39, 0.29) is 5.25 Å². The molecule has 0 aliphatic carbocycles. The minimum Gasteiger partial charge on any atom is -0.616 e. The maximum atomic E-state index is 11.9. The highest BCUT2D eigenvalue weighted by atomic mass is 32.2. The summed E-state index contributed by atoms with van der Waals surface area (Å²) in [7, 11) is 2.09. The van der Waals surface area contributed by atoms with Crippen LogP contribution in [0.4, 0.5) is 0 Å². The van der Waals surface area contributed by atoms with Crippen molar-refractivity contribution < 1.29 is 4.55 Å². The summed E-state index contributed by atoms with van der Waals surface area (Å²) in [4.78, 5) is 2.26. The standard InChI is InChI=1S/C12H17NOS/c1-10-3-5-11(6-4-10)12-9-13(2)7-8-15(12)14/h3-6,12H,7-9H2,1-2H3. The lowest BCUT2D eigenvalue weighted by atomic mass is 10.1. The smallest absolute Gasteiger partial charge is 0.153 e. The zero-order chi connectivity index (χ0) is 10.8. The second-order valence-corrected chi connectivity index (χ2v) is 5.99. The zero-order valence-electron chi connectivity index (χ0n) is 9.27. The van der Waals surface area contributed by atoms with Crippen LogP contribution in [-0.2, 0) is 11.2 Å². The number of nitrogens with zero attached hydrogens (tertiary/aromatic N) is 1. The molecule has 2 atom stereocenters. The number of aryl methyl sites for hydroxylation is 1. The van der Waals surface area contributed by atoms with Crippen LogP contribution in [0.5, 0.6) is 0 Å². The van der Waals surface area contributed by atoms with Crippen LogP contribution in [0.15, 0.2) is 24.3 Å². The third-order valence-electron chi connectivity index (χ3n) is 2.92. The predicted octanol–water partition coefficient (Wildman–Crippen LogP) is 1.73. The second-order valence-electron chi connectivity index (χ2n) is 4.25. The van der Waals surface area contributed by atoms with E-state index < -0.39 is 11.2 Å². The van der Waals surface area contributed by atoms with Gasteiger partial charge in [0.15, 0.2) is 5.25 Å². The largest absolute Gasteiger partial charge is 0.616 e. The molecule has 0 N–H and O–H groups in total. The van der Waals surface area contributed by atoms with Crippen molar-refractivity contribution in [2.45, 2.75) is 12.2 Å². The molecular weight excluding hydrogens is 206 g/mol. The van der Waals surface area contributed by atoms with Gasteiger partial charge in [-0.05, 0) is 25.1 Å². The Morgan fingerprint density at radius 1 is 1.33 bits per heavy atom. The second kappa shape index (κ2) is 4.56. The molecule has 15 heavy (non-hydrogen) atoms. The fourth-order valence-electron chi connectivity index (χ4n) is 1.88. The van der Waals surface area contributed by atoms with Crippen LogP contribution in [0.25, 0.3) is 0 Å². The third-order valence-corrected chi connectivity index (χ3v) is 4.56. The molecule has 0 amide bonds. The zero-order valence-corrected chi connectivity index (χ0v) is 10.1. The van der Waals surface area contributed by atoms with E-state index in [0.29, 0.717) is 0 Å². The molecule has 1 heterocycles. The minimum atomic E-state index is -0.698. The van der Waals surface area contributed by atoms with E-state index in [9.17, 15) is 4.55 Å². The molecule has 2 unspecified atom stereocenters. The number of benzene rings is 1. The van der Waals surface area contributed by atoms with Crippen molar-refractivity contribution in [3.63, 3.8) is 0 Å². The van der Waals surface area contributed by atoms with Gasteiger partial charge in [0.05, 0.1) is 6.54 Å². The van der Waals surface area contributed by atoms with E-state index in [1.165, 1.54) is 11.1 Å². The quantitative estimate of drug-likeness (QED) is 0.678. The van der Waals surface area contributed by atoms with Crippen LogP contribution < -0.4 is 0 Å². The molecule has 1 aliphatic rings. The molecule has 82 valence electrons. The Morgan fingerprint density at radius 3 is 2.67 bits per heavy atom. The lowest BCUT2D eigenvalue weighted by Crippen LogP contribution is -2.40. The summed E-state index contributed by atoms with van der Waals surface area (Å²) in [5.41, 5.74) is 2.47. The van der Waals surface area contributed by atoms with Gasteiger partial charge in [0.2, 0.25) is 0 Å². The number of rotatable bonds is 1. The summed E-state index contributed by atoms with van der Waals surface area (Å²) < 4.78 is 11.9. The van der Waals surface area contributed by atoms with Gasteiger partial charge < -0.3 is 4.55 Å². The Balaban J connectivity index is 2.17. The number of likely N-dealkylation sites (N-methyl/N-ethyl adjacent to an activating group) is 1. The first-order valence-electron chi connectivity index (χ1n) is 5.29. The Morgan fingerprint density at radius 2 is 2.00 bits per heavy atom. The molecule has 1 aliphatic heterocycles. The summed E-state index contributed by atoms with van der Waals surface area (Å²) in [5, 5.41) is 0.198. The molecule has 1 fully saturated rings. The Labute approximate surface area is 94.5 Å². The van der Waals surface area contributed by atoms with E-state index in [1.54, 1.807) is 0 Å². The van der Waals surface area contributed by atoms with E-state index >= 15 is 0 Å². The van der Waals surface area contributed by atoms with Crippen LogP contribution in [0, 0.1) is 6.92 Å². The van der Waals surface area contributed by atoms with E-state index in [4.69, 9.17) is 0 Å². The van der Waals surface area contributed by atoms with Gasteiger partial charge in [-0.3, -0.25) is 4.90 Å². The molecule has 0 radical (unpaired) electrons. The molecule has 3 heteroatoms. The molecule has 0 spiro atoms. The average Bonchev–Trinajstić information content (AvgIpc) is 2.23. The molecule has 1 aromatic carbocycles. The third kappa shape index (κ3) is 2.54. The van der Waals surface area contributed by atoms with Gasteiger partial charge in [0, 0.05) is 12.1 Å². The van der Waals surface area contributed by atoms with Gasteiger partial charge in [-0.25, -0.2) is 0 Å². The first-order valence-corrected chi connectivity index (χ1v) is 6.67. The molecule has 0 bridgehead atoms. The van der Waals surface area contributed by atoms with E-state index in [1.807, 2.05) is 0 Å². The monoisotopic (exact) mass is 223 g/mol. The SMILES string of the molecule is Cc1ccc(C2CN(C)CC[S+]2[O-])cc1. The van der Waals surface area contributed by atoms with Gasteiger partial charge in [-0.15, -0.1) is 0 Å². The highest BCUT2D eigenvalue weighted by molar-refractivity contribution is 7.91. The summed E-state index contributed by atoms with van der Waals surface area (Å²) >= 11 is -0.698. The molecule has 0 saturated carbocycles.